The van der Waals surface area contributed by atoms with E-state index in [4.69, 9.17) is 4.74 Å². The lowest BCUT2D eigenvalue weighted by molar-refractivity contribution is -0.384. The van der Waals surface area contributed by atoms with Crippen LogP contribution < -0.4 is 4.72 Å². The molecule has 28 heavy (non-hydrogen) atoms. The predicted octanol–water partition coefficient (Wildman–Crippen LogP) is 2.26. The number of carbonyl (C=O) groups excluding carboxylic acids is 1. The van der Waals surface area contributed by atoms with Crippen molar-refractivity contribution in [1.29, 1.82) is 0 Å². The summed E-state index contributed by atoms with van der Waals surface area (Å²) in [5.74, 6) is -0.549. The minimum Gasteiger partial charge on any atom is -0.457 e. The maximum Gasteiger partial charge on any atom is 0.338 e. The fraction of sp³-hybridized carbons (Fsp3) is 0.235. The molecule has 1 saturated heterocycles. The van der Waals surface area contributed by atoms with Crippen LogP contribution in [0.4, 0.5) is 5.69 Å². The molecule has 1 heterocycles. The number of hydrogen-bond donors (Lipinski definition) is 4. The van der Waals surface area contributed by atoms with Gasteiger partial charge in [-0.05, 0) is 35.4 Å². The summed E-state index contributed by atoms with van der Waals surface area (Å²) in [4.78, 5) is 22.3. The zero-order valence-corrected chi connectivity index (χ0v) is 15.4. The third-order valence-electron chi connectivity index (χ3n) is 4.10. The Balaban J connectivity index is 1.55. The van der Waals surface area contributed by atoms with E-state index in [1.807, 2.05) is 0 Å². The lowest BCUT2D eigenvalue weighted by atomic mass is 10.1. The fourth-order valence-electron chi connectivity index (χ4n) is 2.64. The van der Waals surface area contributed by atoms with Gasteiger partial charge in [0.15, 0.2) is 0 Å². The Morgan fingerprint density at radius 3 is 2.32 bits per heavy atom. The summed E-state index contributed by atoms with van der Waals surface area (Å²) in [6.07, 6.45) is -1.02. The summed E-state index contributed by atoms with van der Waals surface area (Å²) >= 11 is 0. The molecule has 2 aromatic rings. The molecule has 1 atom stereocenters. The summed E-state index contributed by atoms with van der Waals surface area (Å²) in [5.41, 5.74) is 1.63. The molecular weight excluding hydrogens is 390 g/mol. The molecule has 1 fully saturated rings. The molecule has 1 aliphatic rings. The highest BCUT2D eigenvalue weighted by Gasteiger charge is 2.34. The lowest BCUT2D eigenvalue weighted by Gasteiger charge is -2.35. The van der Waals surface area contributed by atoms with Crippen LogP contribution in [0, 0.1) is 10.1 Å². The van der Waals surface area contributed by atoms with Gasteiger partial charge in [-0.1, -0.05) is 23.1 Å². The number of nitro groups is 1. The minimum absolute atomic E-state index is 0.0170. The second-order valence-electron chi connectivity index (χ2n) is 6.17. The van der Waals surface area contributed by atoms with E-state index in [-0.39, 0.29) is 25.4 Å². The first-order valence-electron chi connectivity index (χ1n) is 8.22. The number of aliphatic hydroxyl groups excluding tert-OH is 1. The average molecular weight is 409 g/mol. The topological polar surface area (TPSA) is 145 Å². The molecule has 3 rings (SSSR count). The Labute approximate surface area is 162 Å². The van der Waals surface area contributed by atoms with E-state index in [2.05, 4.69) is 4.72 Å². The summed E-state index contributed by atoms with van der Waals surface area (Å²) in [6, 6.07) is 12.1. The predicted molar refractivity (Wildman–Crippen MR) is 101 cm³/mol. The molecule has 0 aromatic heterocycles. The monoisotopic (exact) mass is 409 g/mol. The lowest BCUT2D eigenvalue weighted by Crippen LogP contribution is -2.25. The average Bonchev–Trinajstić information content (AvgIpc) is 2.91. The van der Waals surface area contributed by atoms with Gasteiger partial charge in [0.05, 0.1) is 17.0 Å². The zero-order chi connectivity index (χ0) is 20.3. The molecule has 4 N–H and O–H groups in total. The maximum absolute atomic E-state index is 12.1. The van der Waals surface area contributed by atoms with Crippen LogP contribution in [0.5, 0.6) is 0 Å². The third-order valence-corrected chi connectivity index (χ3v) is 5.68. The van der Waals surface area contributed by atoms with Crippen molar-refractivity contribution in [2.24, 2.45) is 0 Å². The number of β-amino-alcohol motifs (C(OH)–C–C–N with tert-alkyl or cyclic N) is 1. The molecular formula is C17H19N3O7S. The fourth-order valence-corrected chi connectivity index (χ4v) is 3.91. The van der Waals surface area contributed by atoms with Crippen molar-refractivity contribution in [1.82, 2.24) is 9.03 Å². The number of aliphatic hydroxyl groups is 1. The van der Waals surface area contributed by atoms with Crippen LogP contribution in [0.2, 0.25) is 0 Å². The Morgan fingerprint density at radius 2 is 1.79 bits per heavy atom. The quantitative estimate of drug-likeness (QED) is 0.320. The zero-order valence-electron chi connectivity index (χ0n) is 14.6. The molecule has 10 nitrogen and oxygen atoms in total. The second kappa shape index (κ2) is 8.22. The van der Waals surface area contributed by atoms with Gasteiger partial charge in [0.2, 0.25) is 0 Å². The van der Waals surface area contributed by atoms with E-state index in [1.165, 1.54) is 28.6 Å². The maximum atomic E-state index is 12.1. The highest BCUT2D eigenvalue weighted by molar-refractivity contribution is 8.20. The number of nitrogens with one attached hydrogen (secondary N) is 1. The highest BCUT2D eigenvalue weighted by Crippen LogP contribution is 2.44. The van der Waals surface area contributed by atoms with Gasteiger partial charge in [-0.25, -0.2) is 4.79 Å². The van der Waals surface area contributed by atoms with Crippen molar-refractivity contribution in [2.75, 3.05) is 6.54 Å². The van der Waals surface area contributed by atoms with Gasteiger partial charge < -0.3 is 9.84 Å². The molecule has 2 aromatic carbocycles. The first-order valence-corrected chi connectivity index (χ1v) is 9.73. The van der Waals surface area contributed by atoms with Crippen LogP contribution in [-0.4, -0.2) is 42.2 Å². The van der Waals surface area contributed by atoms with Gasteiger partial charge in [-0.3, -0.25) is 19.2 Å². The molecule has 0 radical (unpaired) electrons. The van der Waals surface area contributed by atoms with Gasteiger partial charge in [-0.2, -0.15) is 9.03 Å². The van der Waals surface area contributed by atoms with Crippen molar-refractivity contribution in [3.63, 3.8) is 0 Å². The van der Waals surface area contributed by atoms with Crippen molar-refractivity contribution < 1.29 is 28.7 Å². The van der Waals surface area contributed by atoms with Gasteiger partial charge in [0.1, 0.15) is 12.8 Å². The number of non-ortho nitro benzene ring substituents is 1. The normalized spacial score (nSPS) is 19.9. The van der Waals surface area contributed by atoms with E-state index >= 15 is 0 Å². The molecule has 1 aliphatic heterocycles. The van der Waals surface area contributed by atoms with Crippen LogP contribution in [0.1, 0.15) is 21.5 Å². The van der Waals surface area contributed by atoms with Crippen molar-refractivity contribution in [3.8, 4) is 0 Å². The third kappa shape index (κ3) is 4.84. The number of nitrogens with zero attached hydrogens (tertiary/aromatic N) is 2. The summed E-state index contributed by atoms with van der Waals surface area (Å²) in [5, 5.41) is 20.1. The van der Waals surface area contributed by atoms with E-state index in [9.17, 15) is 29.1 Å². The minimum atomic E-state index is -3.21. The molecule has 1 unspecified atom stereocenters. The van der Waals surface area contributed by atoms with Crippen LogP contribution in [0.25, 0.3) is 0 Å². The number of esters is 1. The number of ether oxygens (including phenoxy) is 1. The smallest absolute Gasteiger partial charge is 0.338 e. The van der Waals surface area contributed by atoms with Crippen LogP contribution in [0.15, 0.2) is 48.5 Å². The van der Waals surface area contributed by atoms with Crippen LogP contribution in [0.3, 0.4) is 0 Å². The molecule has 0 bridgehead atoms. The molecule has 0 spiro atoms. The Kier molecular flexibility index (Phi) is 5.93. The summed E-state index contributed by atoms with van der Waals surface area (Å²) in [7, 11) is -3.21. The van der Waals surface area contributed by atoms with Crippen LogP contribution >= 0.6 is 11.0 Å². The van der Waals surface area contributed by atoms with Gasteiger partial charge in [-0.15, -0.1) is 0 Å². The number of carbonyl (C=O) groups is 1. The Hall–Kier alpha value is -2.54. The Bertz CT molecular complexity index is 858. The number of nitro benzene ring substituents is 1. The van der Waals surface area contributed by atoms with Gasteiger partial charge in [0, 0.05) is 18.7 Å². The van der Waals surface area contributed by atoms with Crippen molar-refractivity contribution in [3.05, 3.63) is 75.3 Å². The highest BCUT2D eigenvalue weighted by atomic mass is 32.3. The summed E-state index contributed by atoms with van der Waals surface area (Å²) < 4.78 is 28.5. The largest absolute Gasteiger partial charge is 0.457 e. The Morgan fingerprint density at radius 1 is 1.18 bits per heavy atom. The number of benzene rings is 2. The molecule has 0 aliphatic carbocycles. The van der Waals surface area contributed by atoms with E-state index in [1.54, 1.807) is 24.3 Å². The molecule has 0 amide bonds. The van der Waals surface area contributed by atoms with Crippen molar-refractivity contribution >= 4 is 22.6 Å². The van der Waals surface area contributed by atoms with Crippen molar-refractivity contribution in [2.45, 2.75) is 19.4 Å². The molecule has 0 saturated carbocycles. The second-order valence-corrected chi connectivity index (χ2v) is 7.96. The van der Waals surface area contributed by atoms with E-state index < -0.39 is 28.1 Å². The van der Waals surface area contributed by atoms with E-state index in [0.717, 1.165) is 5.56 Å². The first kappa shape index (κ1) is 20.2. The van der Waals surface area contributed by atoms with Gasteiger partial charge >= 0.3 is 5.97 Å². The van der Waals surface area contributed by atoms with Gasteiger partial charge in [0.25, 0.3) is 5.69 Å². The SMILES string of the molecule is O=C(OCc1ccc([N+](=O)[O-])cc1)c1ccc(CN2CC(O)NS2(O)O)cc1. The summed E-state index contributed by atoms with van der Waals surface area (Å²) in [6.45, 7) is 0.239. The first-order chi connectivity index (χ1) is 13.2. The molecule has 150 valence electrons. The number of rotatable bonds is 6. The van der Waals surface area contributed by atoms with Crippen LogP contribution in [-0.2, 0) is 17.9 Å². The molecule has 11 heteroatoms. The number of hydrogen-bond acceptors (Lipinski definition) is 9. The standard InChI is InChI=1S/C17H19N3O7S/c21-16-10-19(28(25,26)18-16)9-12-1-5-14(6-2-12)17(22)27-11-13-3-7-15(8-4-13)20(23)24/h1-8,16,18,21,25-26H,9-11H2. The van der Waals surface area contributed by atoms with E-state index in [0.29, 0.717) is 11.1 Å².